The Bertz CT molecular complexity index is 157. The second-order valence-corrected chi connectivity index (χ2v) is 2.24. The van der Waals surface area contributed by atoms with Crippen molar-refractivity contribution in [3.8, 4) is 0 Å². The standard InChI is InChI=1S/C8H12O2/c1-7(2)5-3-4-6-8(9)10/h4,6H,1,3,5H2,2H3,(H,9,10)/b6-4-. The van der Waals surface area contributed by atoms with Crippen molar-refractivity contribution in [2.24, 2.45) is 0 Å². The van der Waals surface area contributed by atoms with Crippen molar-refractivity contribution in [3.63, 3.8) is 0 Å². The van der Waals surface area contributed by atoms with Gasteiger partial charge in [0.05, 0.1) is 0 Å². The van der Waals surface area contributed by atoms with Gasteiger partial charge < -0.3 is 5.11 Å². The summed E-state index contributed by atoms with van der Waals surface area (Å²) >= 11 is 0. The molecule has 0 atom stereocenters. The fraction of sp³-hybridized carbons (Fsp3) is 0.375. The van der Waals surface area contributed by atoms with Gasteiger partial charge in [-0.25, -0.2) is 4.79 Å². The molecular weight excluding hydrogens is 128 g/mol. The average Bonchev–Trinajstić information content (AvgIpc) is 1.79. The second kappa shape index (κ2) is 4.79. The van der Waals surface area contributed by atoms with E-state index in [9.17, 15) is 4.79 Å². The van der Waals surface area contributed by atoms with E-state index in [-0.39, 0.29) is 0 Å². The van der Waals surface area contributed by atoms with Crippen LogP contribution in [-0.2, 0) is 4.79 Å². The van der Waals surface area contributed by atoms with Crippen LogP contribution < -0.4 is 0 Å². The largest absolute Gasteiger partial charge is 0.478 e. The van der Waals surface area contributed by atoms with Crippen LogP contribution in [0.15, 0.2) is 24.3 Å². The van der Waals surface area contributed by atoms with E-state index in [2.05, 4.69) is 6.58 Å². The number of carbonyl (C=O) groups is 1. The summed E-state index contributed by atoms with van der Waals surface area (Å²) in [6.07, 6.45) is 4.42. The van der Waals surface area contributed by atoms with Crippen molar-refractivity contribution in [1.82, 2.24) is 0 Å². The van der Waals surface area contributed by atoms with Crippen LogP contribution in [-0.4, -0.2) is 11.1 Å². The first-order valence-corrected chi connectivity index (χ1v) is 3.17. The van der Waals surface area contributed by atoms with Crippen LogP contribution in [0.25, 0.3) is 0 Å². The zero-order chi connectivity index (χ0) is 7.98. The molecule has 0 amide bonds. The van der Waals surface area contributed by atoms with Gasteiger partial charge in [-0.2, -0.15) is 0 Å². The third kappa shape index (κ3) is 6.95. The molecule has 0 aliphatic heterocycles. The van der Waals surface area contributed by atoms with E-state index in [1.807, 2.05) is 6.92 Å². The summed E-state index contributed by atoms with van der Waals surface area (Å²) < 4.78 is 0. The Morgan fingerprint density at radius 1 is 1.70 bits per heavy atom. The van der Waals surface area contributed by atoms with Crippen molar-refractivity contribution in [2.45, 2.75) is 19.8 Å². The fourth-order valence-corrected chi connectivity index (χ4v) is 0.514. The maximum Gasteiger partial charge on any atom is 0.327 e. The molecule has 0 saturated heterocycles. The van der Waals surface area contributed by atoms with E-state index in [1.54, 1.807) is 6.08 Å². The molecule has 1 N–H and O–H groups in total. The van der Waals surface area contributed by atoms with Gasteiger partial charge in [0.1, 0.15) is 0 Å². The number of allylic oxidation sites excluding steroid dienone is 2. The monoisotopic (exact) mass is 140 g/mol. The molecule has 0 saturated carbocycles. The number of hydrogen-bond acceptors (Lipinski definition) is 1. The summed E-state index contributed by atoms with van der Waals surface area (Å²) in [6.45, 7) is 5.62. The molecule has 2 heteroatoms. The molecule has 0 bridgehead atoms. The van der Waals surface area contributed by atoms with E-state index < -0.39 is 5.97 Å². The second-order valence-electron chi connectivity index (χ2n) is 2.24. The zero-order valence-electron chi connectivity index (χ0n) is 6.13. The molecule has 0 aromatic heterocycles. The van der Waals surface area contributed by atoms with Gasteiger partial charge in [-0.1, -0.05) is 11.6 Å². The summed E-state index contributed by atoms with van der Waals surface area (Å²) in [5, 5.41) is 8.17. The predicted octanol–water partition coefficient (Wildman–Crippen LogP) is 1.98. The summed E-state index contributed by atoms with van der Waals surface area (Å²) in [7, 11) is 0. The molecule has 0 aromatic rings. The van der Waals surface area contributed by atoms with Gasteiger partial charge in [0.25, 0.3) is 0 Å². The highest BCUT2D eigenvalue weighted by molar-refractivity contribution is 5.79. The highest BCUT2D eigenvalue weighted by atomic mass is 16.4. The lowest BCUT2D eigenvalue weighted by Gasteiger charge is -1.90. The minimum atomic E-state index is -0.887. The topological polar surface area (TPSA) is 37.3 Å². The number of rotatable bonds is 4. The number of hydrogen-bond donors (Lipinski definition) is 1. The normalized spacial score (nSPS) is 10.1. The molecule has 0 rings (SSSR count). The van der Waals surface area contributed by atoms with Crippen LogP contribution in [0.3, 0.4) is 0 Å². The first kappa shape index (κ1) is 8.95. The third-order valence-electron chi connectivity index (χ3n) is 0.998. The maximum absolute atomic E-state index is 9.93. The molecule has 2 nitrogen and oxygen atoms in total. The first-order chi connectivity index (χ1) is 4.63. The summed E-state index contributed by atoms with van der Waals surface area (Å²) in [6, 6.07) is 0. The van der Waals surface area contributed by atoms with E-state index >= 15 is 0 Å². The van der Waals surface area contributed by atoms with Crippen LogP contribution in [0.4, 0.5) is 0 Å². The first-order valence-electron chi connectivity index (χ1n) is 3.17. The third-order valence-corrected chi connectivity index (χ3v) is 0.998. The fourth-order valence-electron chi connectivity index (χ4n) is 0.514. The Balaban J connectivity index is 3.36. The van der Waals surface area contributed by atoms with Crippen LogP contribution in [0.5, 0.6) is 0 Å². The molecule has 0 heterocycles. The highest BCUT2D eigenvalue weighted by Crippen LogP contribution is 2.00. The molecule has 0 aliphatic carbocycles. The summed E-state index contributed by atoms with van der Waals surface area (Å²) in [5.41, 5.74) is 1.08. The van der Waals surface area contributed by atoms with Gasteiger partial charge in [0.15, 0.2) is 0 Å². The Hall–Kier alpha value is -1.05. The zero-order valence-corrected chi connectivity index (χ0v) is 6.13. The summed E-state index contributed by atoms with van der Waals surface area (Å²) in [5.74, 6) is -0.887. The smallest absolute Gasteiger partial charge is 0.327 e. The van der Waals surface area contributed by atoms with Crippen molar-refractivity contribution >= 4 is 5.97 Å². The van der Waals surface area contributed by atoms with E-state index in [1.165, 1.54) is 0 Å². The average molecular weight is 140 g/mol. The minimum absolute atomic E-state index is 0.766. The lowest BCUT2D eigenvalue weighted by Crippen LogP contribution is -1.85. The lowest BCUT2D eigenvalue weighted by molar-refractivity contribution is -0.131. The molecule has 0 radical (unpaired) electrons. The van der Waals surface area contributed by atoms with Gasteiger partial charge in [0, 0.05) is 6.08 Å². The molecule has 56 valence electrons. The van der Waals surface area contributed by atoms with Crippen molar-refractivity contribution < 1.29 is 9.90 Å². The highest BCUT2D eigenvalue weighted by Gasteiger charge is 1.85. The molecule has 0 aliphatic rings. The lowest BCUT2D eigenvalue weighted by atomic mass is 10.2. The van der Waals surface area contributed by atoms with Gasteiger partial charge >= 0.3 is 5.97 Å². The van der Waals surface area contributed by atoms with Crippen molar-refractivity contribution in [2.75, 3.05) is 0 Å². The van der Waals surface area contributed by atoms with Gasteiger partial charge in [-0.3, -0.25) is 0 Å². The molecule has 0 unspecified atom stereocenters. The van der Waals surface area contributed by atoms with Gasteiger partial charge in [-0.15, -0.1) is 6.58 Å². The Morgan fingerprint density at radius 3 is 2.70 bits per heavy atom. The Morgan fingerprint density at radius 2 is 2.30 bits per heavy atom. The quantitative estimate of drug-likeness (QED) is 0.479. The molecule has 10 heavy (non-hydrogen) atoms. The Kier molecular flexibility index (Phi) is 4.29. The van der Waals surface area contributed by atoms with Crippen LogP contribution in [0.2, 0.25) is 0 Å². The molecule has 0 aromatic carbocycles. The van der Waals surface area contributed by atoms with Crippen LogP contribution in [0, 0.1) is 0 Å². The number of carboxylic acids is 1. The van der Waals surface area contributed by atoms with E-state index in [0.29, 0.717) is 0 Å². The van der Waals surface area contributed by atoms with Gasteiger partial charge in [-0.05, 0) is 19.8 Å². The van der Waals surface area contributed by atoms with E-state index in [0.717, 1.165) is 24.5 Å². The van der Waals surface area contributed by atoms with Crippen molar-refractivity contribution in [1.29, 1.82) is 0 Å². The Labute approximate surface area is 60.9 Å². The predicted molar refractivity (Wildman–Crippen MR) is 40.8 cm³/mol. The maximum atomic E-state index is 9.93. The van der Waals surface area contributed by atoms with E-state index in [4.69, 9.17) is 5.11 Å². The van der Waals surface area contributed by atoms with Crippen LogP contribution >= 0.6 is 0 Å². The molecule has 0 fully saturated rings. The van der Waals surface area contributed by atoms with Crippen molar-refractivity contribution in [3.05, 3.63) is 24.3 Å². The molecule has 0 spiro atoms. The number of aliphatic carboxylic acids is 1. The van der Waals surface area contributed by atoms with Gasteiger partial charge in [0.2, 0.25) is 0 Å². The number of carboxylic acid groups (broad SMARTS) is 1. The SMILES string of the molecule is C=C(C)CC/C=C\C(=O)O. The molecular formula is C8H12O2. The minimum Gasteiger partial charge on any atom is -0.478 e. The van der Waals surface area contributed by atoms with Crippen LogP contribution in [0.1, 0.15) is 19.8 Å². The summed E-state index contributed by atoms with van der Waals surface area (Å²) in [4.78, 5) is 9.93.